The van der Waals surface area contributed by atoms with Gasteiger partial charge in [-0.2, -0.15) is 0 Å². The highest BCUT2D eigenvalue weighted by Gasteiger charge is 2.36. The van der Waals surface area contributed by atoms with Crippen molar-refractivity contribution in [1.82, 2.24) is 19.9 Å². The van der Waals surface area contributed by atoms with Crippen LogP contribution < -0.4 is 0 Å². The molecule has 5 nitrogen and oxygen atoms in total. The molecule has 1 saturated carbocycles. The van der Waals surface area contributed by atoms with E-state index in [1.54, 1.807) is 12.7 Å². The minimum atomic E-state index is 0.204. The molecule has 5 heteroatoms. The standard InChI is InChI=1S/C13H25N.C7H7N3.C4H8O.2C2H6/c1-3-4-5-11-8-12-6-7-14(2)10-13(12)9-11;1-5-6-2-3-8-7(6)10-4-9-5;1-4(2)3-5;2*1-2/h11-13H,3-10H2,1-2H3;2-4H,1H3,(H,8,9,10);3-4H,1-2H3;2*1-2H3. The van der Waals surface area contributed by atoms with Crippen LogP contribution in [-0.2, 0) is 4.79 Å². The number of hydrogen-bond acceptors (Lipinski definition) is 4. The Morgan fingerprint density at radius 1 is 1.15 bits per heavy atom. The average Bonchev–Trinajstić information content (AvgIpc) is 3.48. The summed E-state index contributed by atoms with van der Waals surface area (Å²) in [4.78, 5) is 23.1. The van der Waals surface area contributed by atoms with E-state index in [1.165, 1.54) is 45.2 Å². The molecule has 2 aliphatic rings. The summed E-state index contributed by atoms with van der Waals surface area (Å²) in [6, 6.07) is 1.98. The molecule has 190 valence electrons. The monoisotopic (exact) mass is 460 g/mol. The van der Waals surface area contributed by atoms with E-state index in [4.69, 9.17) is 0 Å². The fourth-order valence-electron chi connectivity index (χ4n) is 4.52. The van der Waals surface area contributed by atoms with Crippen LogP contribution in [0, 0.1) is 30.6 Å². The van der Waals surface area contributed by atoms with Crippen molar-refractivity contribution in [3.8, 4) is 0 Å². The van der Waals surface area contributed by atoms with E-state index >= 15 is 0 Å². The lowest BCUT2D eigenvalue weighted by atomic mass is 9.89. The first-order chi connectivity index (χ1) is 15.9. The number of hydrogen-bond donors (Lipinski definition) is 1. The van der Waals surface area contributed by atoms with Crippen LogP contribution in [0.4, 0.5) is 0 Å². The first-order valence-corrected chi connectivity index (χ1v) is 13.3. The summed E-state index contributed by atoms with van der Waals surface area (Å²) in [7, 11) is 2.29. The number of nitrogens with one attached hydrogen (secondary N) is 1. The highest BCUT2D eigenvalue weighted by atomic mass is 16.1. The zero-order valence-corrected chi connectivity index (χ0v) is 23.0. The topological polar surface area (TPSA) is 61.9 Å². The Kier molecular flexibility index (Phi) is 17.7. The van der Waals surface area contributed by atoms with Crippen LogP contribution in [0.2, 0.25) is 0 Å². The summed E-state index contributed by atoms with van der Waals surface area (Å²) < 4.78 is 0. The first kappa shape index (κ1) is 31.2. The molecule has 0 spiro atoms. The van der Waals surface area contributed by atoms with Crippen LogP contribution in [0.5, 0.6) is 0 Å². The van der Waals surface area contributed by atoms with Crippen LogP contribution in [0.3, 0.4) is 0 Å². The molecule has 1 N–H and O–H groups in total. The van der Waals surface area contributed by atoms with Crippen LogP contribution in [0.1, 0.15) is 92.7 Å². The van der Waals surface area contributed by atoms with Gasteiger partial charge in [-0.15, -0.1) is 0 Å². The van der Waals surface area contributed by atoms with Crippen LogP contribution in [0.15, 0.2) is 18.6 Å². The van der Waals surface area contributed by atoms with E-state index in [0.717, 1.165) is 40.8 Å². The molecule has 1 aliphatic heterocycles. The summed E-state index contributed by atoms with van der Waals surface area (Å²) >= 11 is 0. The Hall–Kier alpha value is -1.75. The SMILES string of the molecule is CC.CC.CC(C)C=O.CCCCC1CC2CCN(C)CC2C1.Cc1ncnc2[nH]ccc12. The molecule has 3 heterocycles. The van der Waals surface area contributed by atoms with Gasteiger partial charge in [-0.3, -0.25) is 0 Å². The molecule has 0 radical (unpaired) electrons. The van der Waals surface area contributed by atoms with Gasteiger partial charge in [0.2, 0.25) is 0 Å². The van der Waals surface area contributed by atoms with Crippen molar-refractivity contribution in [2.45, 2.75) is 93.9 Å². The predicted octanol–water partition coefficient (Wildman–Crippen LogP) is 7.31. The Morgan fingerprint density at radius 3 is 2.36 bits per heavy atom. The largest absolute Gasteiger partial charge is 0.346 e. The van der Waals surface area contributed by atoms with Crippen molar-refractivity contribution >= 4 is 17.3 Å². The molecule has 3 atom stereocenters. The molecule has 2 aromatic rings. The van der Waals surface area contributed by atoms with Gasteiger partial charge in [-0.05, 0) is 63.6 Å². The number of aromatic amines is 1. The number of unbranched alkanes of at least 4 members (excludes halogenated alkanes) is 1. The maximum absolute atomic E-state index is 9.50. The minimum absolute atomic E-state index is 0.204. The zero-order valence-electron chi connectivity index (χ0n) is 23.0. The third kappa shape index (κ3) is 11.8. The first-order valence-electron chi connectivity index (χ1n) is 13.3. The number of H-pyrrole nitrogens is 1. The quantitative estimate of drug-likeness (QED) is 0.486. The Balaban J connectivity index is 0.000000472. The van der Waals surface area contributed by atoms with E-state index in [9.17, 15) is 4.79 Å². The summed E-state index contributed by atoms with van der Waals surface area (Å²) in [5.74, 6) is 3.43. The van der Waals surface area contributed by atoms with E-state index in [2.05, 4.69) is 33.8 Å². The Bertz CT molecular complexity index is 728. The number of nitrogens with zero attached hydrogens (tertiary/aromatic N) is 3. The number of aromatic nitrogens is 3. The van der Waals surface area contributed by atoms with Gasteiger partial charge in [-0.1, -0.05) is 67.7 Å². The minimum Gasteiger partial charge on any atom is -0.346 e. The number of piperidine rings is 1. The van der Waals surface area contributed by atoms with E-state index < -0.39 is 0 Å². The second-order valence-electron chi connectivity index (χ2n) is 9.13. The molecule has 2 aromatic heterocycles. The molecule has 0 amide bonds. The summed E-state index contributed by atoms with van der Waals surface area (Å²) in [6.45, 7) is 18.7. The molecule has 33 heavy (non-hydrogen) atoms. The molecule has 0 bridgehead atoms. The lowest BCUT2D eigenvalue weighted by Crippen LogP contribution is -2.35. The Morgan fingerprint density at radius 2 is 1.79 bits per heavy atom. The van der Waals surface area contributed by atoms with Crippen molar-refractivity contribution in [2.75, 3.05) is 20.1 Å². The molecular formula is C28H52N4O. The number of aryl methyl sites for hydroxylation is 1. The van der Waals surface area contributed by atoms with Gasteiger partial charge >= 0.3 is 0 Å². The molecule has 1 saturated heterocycles. The van der Waals surface area contributed by atoms with Gasteiger partial charge in [-0.25, -0.2) is 9.97 Å². The highest BCUT2D eigenvalue weighted by molar-refractivity contribution is 5.77. The summed E-state index contributed by atoms with van der Waals surface area (Å²) in [5.41, 5.74) is 1.93. The van der Waals surface area contributed by atoms with Crippen LogP contribution in [0.25, 0.3) is 11.0 Å². The molecule has 0 aromatic carbocycles. The maximum Gasteiger partial charge on any atom is 0.140 e. The fraction of sp³-hybridized carbons (Fsp3) is 0.750. The number of aldehydes is 1. The number of fused-ring (bicyclic) bond motifs is 2. The van der Waals surface area contributed by atoms with Gasteiger partial charge in [0.05, 0.1) is 5.69 Å². The van der Waals surface area contributed by atoms with Gasteiger partial charge in [0.15, 0.2) is 0 Å². The number of carbonyl (C=O) groups excluding carboxylic acids is 1. The lowest BCUT2D eigenvalue weighted by molar-refractivity contribution is -0.110. The zero-order chi connectivity index (χ0) is 25.2. The van der Waals surface area contributed by atoms with Gasteiger partial charge in [0.25, 0.3) is 0 Å². The van der Waals surface area contributed by atoms with Gasteiger partial charge < -0.3 is 14.7 Å². The van der Waals surface area contributed by atoms with Crippen molar-refractivity contribution in [3.63, 3.8) is 0 Å². The van der Waals surface area contributed by atoms with Crippen LogP contribution in [-0.4, -0.2) is 46.3 Å². The smallest absolute Gasteiger partial charge is 0.140 e. The second kappa shape index (κ2) is 18.7. The van der Waals surface area contributed by atoms with E-state index in [-0.39, 0.29) is 5.92 Å². The molecule has 3 unspecified atom stereocenters. The highest BCUT2D eigenvalue weighted by Crippen LogP contribution is 2.42. The van der Waals surface area contributed by atoms with Gasteiger partial charge in [0.1, 0.15) is 18.3 Å². The number of rotatable bonds is 4. The maximum atomic E-state index is 9.50. The van der Waals surface area contributed by atoms with Gasteiger partial charge in [0, 0.05) is 24.0 Å². The van der Waals surface area contributed by atoms with Crippen LogP contribution >= 0.6 is 0 Å². The Labute approximate surface area is 204 Å². The molecular weight excluding hydrogens is 408 g/mol. The molecule has 1 aliphatic carbocycles. The lowest BCUT2D eigenvalue weighted by Gasteiger charge is -2.32. The van der Waals surface area contributed by atoms with Crippen molar-refractivity contribution in [2.24, 2.45) is 23.7 Å². The third-order valence-electron chi connectivity index (χ3n) is 6.16. The number of likely N-dealkylation sites (tertiary alicyclic amines) is 1. The van der Waals surface area contributed by atoms with E-state index in [0.29, 0.717) is 0 Å². The molecule has 2 fully saturated rings. The van der Waals surface area contributed by atoms with Crippen molar-refractivity contribution in [3.05, 3.63) is 24.3 Å². The second-order valence-corrected chi connectivity index (χ2v) is 9.13. The molecule has 4 rings (SSSR count). The third-order valence-corrected chi connectivity index (χ3v) is 6.16. The fourth-order valence-corrected chi connectivity index (χ4v) is 4.52. The van der Waals surface area contributed by atoms with E-state index in [1.807, 2.05) is 60.7 Å². The predicted molar refractivity (Wildman–Crippen MR) is 144 cm³/mol. The average molecular weight is 461 g/mol. The summed E-state index contributed by atoms with van der Waals surface area (Å²) in [6.07, 6.45) is 13.3. The summed E-state index contributed by atoms with van der Waals surface area (Å²) in [5, 5.41) is 1.10. The number of carbonyl (C=O) groups is 1. The normalized spacial score (nSPS) is 21.2. The van der Waals surface area contributed by atoms with Crippen molar-refractivity contribution < 1.29 is 4.79 Å². The van der Waals surface area contributed by atoms with Crippen molar-refractivity contribution in [1.29, 1.82) is 0 Å².